The van der Waals surface area contributed by atoms with E-state index in [4.69, 9.17) is 0 Å². The Morgan fingerprint density at radius 1 is 1.26 bits per heavy atom. The molecule has 3 nitrogen and oxygen atoms in total. The van der Waals surface area contributed by atoms with Crippen LogP contribution in [0.3, 0.4) is 0 Å². The maximum Gasteiger partial charge on any atom is 0.223 e. The van der Waals surface area contributed by atoms with Gasteiger partial charge in [-0.2, -0.15) is 0 Å². The van der Waals surface area contributed by atoms with Gasteiger partial charge in [0.15, 0.2) is 5.76 Å². The van der Waals surface area contributed by atoms with Crippen molar-refractivity contribution in [2.24, 2.45) is 23.7 Å². The first-order valence-corrected chi connectivity index (χ1v) is 8.76. The quantitative estimate of drug-likeness (QED) is 0.716. The first-order valence-electron chi connectivity index (χ1n) is 8.76. The molecule has 0 radical (unpaired) electrons. The highest BCUT2D eigenvalue weighted by Gasteiger charge is 2.56. The number of rotatable bonds is 1. The Morgan fingerprint density at radius 2 is 1.91 bits per heavy atom. The van der Waals surface area contributed by atoms with Gasteiger partial charge in [-0.1, -0.05) is 25.5 Å². The summed E-state index contributed by atoms with van der Waals surface area (Å²) in [5.41, 5.74) is 2.00. The molecule has 3 heteroatoms. The van der Waals surface area contributed by atoms with E-state index in [2.05, 4.69) is 13.0 Å². The van der Waals surface area contributed by atoms with Crippen molar-refractivity contribution >= 4 is 5.78 Å². The average molecular weight is 316 g/mol. The zero-order valence-corrected chi connectivity index (χ0v) is 14.8. The topological polar surface area (TPSA) is 57.5 Å². The summed E-state index contributed by atoms with van der Waals surface area (Å²) in [5, 5.41) is 22.1. The predicted octanol–water partition coefficient (Wildman–Crippen LogP) is 4.10. The number of ketones is 1. The molecule has 0 aromatic heterocycles. The second-order valence-corrected chi connectivity index (χ2v) is 8.04. The van der Waals surface area contributed by atoms with Crippen molar-refractivity contribution < 1.29 is 15.0 Å². The monoisotopic (exact) mass is 316 g/mol. The lowest BCUT2D eigenvalue weighted by atomic mass is 9.53. The van der Waals surface area contributed by atoms with E-state index in [1.54, 1.807) is 6.92 Å². The highest BCUT2D eigenvalue weighted by molar-refractivity contribution is 6.10. The SMILES string of the molecule is CC(C)=CC1CC(C)C2CCC(C)C3=C2C1(O)C(C)=C(O)C3=O. The Morgan fingerprint density at radius 3 is 2.52 bits per heavy atom. The van der Waals surface area contributed by atoms with Crippen LogP contribution in [-0.4, -0.2) is 21.6 Å². The van der Waals surface area contributed by atoms with Crippen molar-refractivity contribution in [1.29, 1.82) is 0 Å². The van der Waals surface area contributed by atoms with E-state index in [0.29, 0.717) is 17.1 Å². The third-order valence-corrected chi connectivity index (χ3v) is 6.25. The van der Waals surface area contributed by atoms with Gasteiger partial charge in [0.1, 0.15) is 5.60 Å². The summed E-state index contributed by atoms with van der Waals surface area (Å²) in [7, 11) is 0. The molecular formula is C20H28O3. The molecule has 0 amide bonds. The fourth-order valence-electron chi connectivity index (χ4n) is 5.07. The van der Waals surface area contributed by atoms with E-state index >= 15 is 0 Å². The van der Waals surface area contributed by atoms with Crippen LogP contribution in [0.25, 0.3) is 0 Å². The number of Topliss-reactive ketones (excluding diaryl/α,β-unsaturated/α-hetero) is 1. The largest absolute Gasteiger partial charge is 0.504 e. The first-order chi connectivity index (χ1) is 10.7. The van der Waals surface area contributed by atoms with Crippen molar-refractivity contribution in [2.45, 2.75) is 59.5 Å². The fourth-order valence-corrected chi connectivity index (χ4v) is 5.07. The molecule has 0 aliphatic heterocycles. The van der Waals surface area contributed by atoms with Crippen molar-refractivity contribution in [3.8, 4) is 0 Å². The number of allylic oxidation sites excluding steroid dienone is 2. The molecule has 3 rings (SSSR count). The number of carbonyl (C=O) groups excluding carboxylic acids is 1. The summed E-state index contributed by atoms with van der Waals surface area (Å²) in [6.07, 6.45) is 4.97. The van der Waals surface area contributed by atoms with E-state index < -0.39 is 5.60 Å². The third-order valence-electron chi connectivity index (χ3n) is 6.25. The second-order valence-electron chi connectivity index (χ2n) is 8.04. The molecule has 0 bridgehead atoms. The summed E-state index contributed by atoms with van der Waals surface area (Å²) >= 11 is 0. The lowest BCUT2D eigenvalue weighted by molar-refractivity contribution is -0.117. The molecule has 3 aliphatic rings. The Bertz CT molecular complexity index is 648. The first kappa shape index (κ1) is 16.5. The van der Waals surface area contributed by atoms with Gasteiger partial charge in [0.2, 0.25) is 5.78 Å². The van der Waals surface area contributed by atoms with Crippen LogP contribution in [0.5, 0.6) is 0 Å². The molecule has 3 aliphatic carbocycles. The minimum absolute atomic E-state index is 0.0794. The molecule has 0 heterocycles. The van der Waals surface area contributed by atoms with Crippen LogP contribution in [-0.2, 0) is 4.79 Å². The second kappa shape index (κ2) is 5.34. The predicted molar refractivity (Wildman–Crippen MR) is 90.9 cm³/mol. The van der Waals surface area contributed by atoms with E-state index in [1.165, 1.54) is 0 Å². The van der Waals surface area contributed by atoms with Crippen molar-refractivity contribution in [3.05, 3.63) is 34.1 Å². The normalized spacial score (nSPS) is 40.2. The van der Waals surface area contributed by atoms with Crippen LogP contribution in [0.15, 0.2) is 34.1 Å². The molecule has 0 spiro atoms. The van der Waals surface area contributed by atoms with Gasteiger partial charge in [-0.3, -0.25) is 4.79 Å². The van der Waals surface area contributed by atoms with Crippen molar-refractivity contribution in [3.63, 3.8) is 0 Å². The summed E-state index contributed by atoms with van der Waals surface area (Å²) in [6.45, 7) is 10.1. The fraction of sp³-hybridized carbons (Fsp3) is 0.650. The standard InChI is InChI=1S/C20H28O3/c1-10(2)8-14-9-12(4)15-7-6-11(3)16-17(15)20(14,23)13(5)18(21)19(16)22/h8,11-12,14-15,21,23H,6-7,9H2,1-5H3. The molecule has 1 fully saturated rings. The number of hydrogen-bond donors (Lipinski definition) is 2. The van der Waals surface area contributed by atoms with Crippen LogP contribution in [0.4, 0.5) is 0 Å². The zero-order chi connectivity index (χ0) is 17.1. The number of carbonyl (C=O) groups is 1. The van der Waals surface area contributed by atoms with Crippen LogP contribution in [0.1, 0.15) is 53.9 Å². The Kier molecular flexibility index (Phi) is 3.83. The molecule has 2 N–H and O–H groups in total. The van der Waals surface area contributed by atoms with E-state index in [1.807, 2.05) is 20.8 Å². The summed E-state index contributed by atoms with van der Waals surface area (Å²) in [5.74, 6) is 0.219. The highest BCUT2D eigenvalue weighted by atomic mass is 16.3. The van der Waals surface area contributed by atoms with Crippen LogP contribution >= 0.6 is 0 Å². The molecule has 0 aromatic carbocycles. The van der Waals surface area contributed by atoms with Gasteiger partial charge in [-0.25, -0.2) is 0 Å². The minimum atomic E-state index is -1.20. The van der Waals surface area contributed by atoms with Gasteiger partial charge in [0.25, 0.3) is 0 Å². The smallest absolute Gasteiger partial charge is 0.223 e. The molecule has 0 saturated heterocycles. The minimum Gasteiger partial charge on any atom is -0.504 e. The molecular weight excluding hydrogens is 288 g/mol. The van der Waals surface area contributed by atoms with E-state index in [9.17, 15) is 15.0 Å². The Balaban J connectivity index is 2.29. The van der Waals surface area contributed by atoms with Gasteiger partial charge in [0, 0.05) is 17.1 Å². The average Bonchev–Trinajstić information content (AvgIpc) is 2.48. The molecule has 5 unspecified atom stereocenters. The maximum atomic E-state index is 12.7. The number of hydrogen-bond acceptors (Lipinski definition) is 3. The van der Waals surface area contributed by atoms with Crippen LogP contribution in [0, 0.1) is 23.7 Å². The molecule has 0 aromatic rings. The lowest BCUT2D eigenvalue weighted by Gasteiger charge is -2.53. The zero-order valence-electron chi connectivity index (χ0n) is 14.8. The molecule has 126 valence electrons. The number of aliphatic hydroxyl groups excluding tert-OH is 1. The third kappa shape index (κ3) is 2.16. The van der Waals surface area contributed by atoms with E-state index in [-0.39, 0.29) is 29.3 Å². The van der Waals surface area contributed by atoms with Crippen molar-refractivity contribution in [1.82, 2.24) is 0 Å². The molecule has 23 heavy (non-hydrogen) atoms. The van der Waals surface area contributed by atoms with Gasteiger partial charge < -0.3 is 10.2 Å². The van der Waals surface area contributed by atoms with Gasteiger partial charge >= 0.3 is 0 Å². The Labute approximate surface area is 138 Å². The van der Waals surface area contributed by atoms with E-state index in [0.717, 1.165) is 30.4 Å². The van der Waals surface area contributed by atoms with Crippen LogP contribution in [0.2, 0.25) is 0 Å². The molecule has 1 saturated carbocycles. The number of aliphatic hydroxyl groups is 2. The van der Waals surface area contributed by atoms with Crippen molar-refractivity contribution in [2.75, 3.05) is 0 Å². The van der Waals surface area contributed by atoms with Gasteiger partial charge in [-0.05, 0) is 63.4 Å². The van der Waals surface area contributed by atoms with Gasteiger partial charge in [0.05, 0.1) is 0 Å². The lowest BCUT2D eigenvalue weighted by Crippen LogP contribution is -2.54. The highest BCUT2D eigenvalue weighted by Crippen LogP contribution is 2.57. The summed E-state index contributed by atoms with van der Waals surface area (Å²) in [6, 6.07) is 0. The Hall–Kier alpha value is -1.35. The van der Waals surface area contributed by atoms with Gasteiger partial charge in [-0.15, -0.1) is 0 Å². The summed E-state index contributed by atoms with van der Waals surface area (Å²) < 4.78 is 0. The molecule has 5 atom stereocenters. The summed E-state index contributed by atoms with van der Waals surface area (Å²) in [4.78, 5) is 12.7. The maximum absolute atomic E-state index is 12.7. The van der Waals surface area contributed by atoms with Crippen LogP contribution < -0.4 is 0 Å².